The second-order valence-electron chi connectivity index (χ2n) is 4.14. The SMILES string of the molecule is O=C(N[C@@H]1CCCNC1)c1ccc(Cl)cc1Br. The van der Waals surface area contributed by atoms with Gasteiger partial charge in [-0.2, -0.15) is 0 Å². The van der Waals surface area contributed by atoms with E-state index in [0.717, 1.165) is 30.4 Å². The molecule has 1 atom stereocenters. The highest BCUT2D eigenvalue weighted by Gasteiger charge is 2.17. The molecular weight excluding hydrogens is 304 g/mol. The van der Waals surface area contributed by atoms with Gasteiger partial charge in [0.05, 0.1) is 5.56 Å². The third-order valence-corrected chi connectivity index (χ3v) is 3.70. The lowest BCUT2D eigenvalue weighted by Gasteiger charge is -2.24. The molecule has 0 aliphatic carbocycles. The molecule has 1 aromatic rings. The molecular formula is C12H14BrClN2O. The van der Waals surface area contributed by atoms with Gasteiger partial charge in [0, 0.05) is 22.1 Å². The minimum atomic E-state index is -0.0535. The van der Waals surface area contributed by atoms with Crippen molar-refractivity contribution in [3.05, 3.63) is 33.3 Å². The Kier molecular flexibility index (Phi) is 4.42. The summed E-state index contributed by atoms with van der Waals surface area (Å²) in [6.07, 6.45) is 2.14. The monoisotopic (exact) mass is 316 g/mol. The van der Waals surface area contributed by atoms with Crippen molar-refractivity contribution in [2.75, 3.05) is 13.1 Å². The number of halogens is 2. The molecule has 0 radical (unpaired) electrons. The topological polar surface area (TPSA) is 41.1 Å². The highest BCUT2D eigenvalue weighted by Crippen LogP contribution is 2.21. The van der Waals surface area contributed by atoms with E-state index >= 15 is 0 Å². The molecule has 2 N–H and O–H groups in total. The first kappa shape index (κ1) is 12.9. The standard InChI is InChI=1S/C12H14BrClN2O/c13-11-6-8(14)3-4-10(11)12(17)16-9-2-1-5-15-7-9/h3-4,6,9,15H,1-2,5,7H2,(H,16,17)/t9-/m1/s1. The fourth-order valence-electron chi connectivity index (χ4n) is 1.91. The molecule has 1 amide bonds. The van der Waals surface area contributed by atoms with Crippen molar-refractivity contribution in [2.24, 2.45) is 0 Å². The van der Waals surface area contributed by atoms with E-state index in [0.29, 0.717) is 10.6 Å². The van der Waals surface area contributed by atoms with Crippen molar-refractivity contribution in [1.29, 1.82) is 0 Å². The van der Waals surface area contributed by atoms with E-state index in [9.17, 15) is 4.79 Å². The third kappa shape index (κ3) is 3.44. The quantitative estimate of drug-likeness (QED) is 0.880. The Balaban J connectivity index is 2.03. The summed E-state index contributed by atoms with van der Waals surface area (Å²) in [6.45, 7) is 1.88. The molecule has 0 spiro atoms. The van der Waals surface area contributed by atoms with Crippen LogP contribution in [0.2, 0.25) is 5.02 Å². The highest BCUT2D eigenvalue weighted by atomic mass is 79.9. The van der Waals surface area contributed by atoms with E-state index < -0.39 is 0 Å². The van der Waals surface area contributed by atoms with E-state index in [4.69, 9.17) is 11.6 Å². The maximum Gasteiger partial charge on any atom is 0.252 e. The maximum absolute atomic E-state index is 12.0. The minimum absolute atomic E-state index is 0.0535. The van der Waals surface area contributed by atoms with E-state index in [1.807, 2.05) is 0 Å². The Morgan fingerprint density at radius 2 is 2.35 bits per heavy atom. The summed E-state index contributed by atoms with van der Waals surface area (Å²) in [5, 5.41) is 6.91. The first-order chi connectivity index (χ1) is 8.16. The Hall–Kier alpha value is -0.580. The van der Waals surface area contributed by atoms with E-state index in [2.05, 4.69) is 26.6 Å². The van der Waals surface area contributed by atoms with E-state index in [-0.39, 0.29) is 11.9 Å². The molecule has 3 nitrogen and oxygen atoms in total. The summed E-state index contributed by atoms with van der Waals surface area (Å²) in [6, 6.07) is 5.41. The second kappa shape index (κ2) is 5.85. The molecule has 1 heterocycles. The van der Waals surface area contributed by atoms with Crippen LogP contribution < -0.4 is 10.6 Å². The van der Waals surface area contributed by atoms with Crippen LogP contribution in [0, 0.1) is 0 Å². The molecule has 2 rings (SSSR count). The van der Waals surface area contributed by atoms with Crippen LogP contribution >= 0.6 is 27.5 Å². The molecule has 1 aliphatic heterocycles. The Morgan fingerprint density at radius 3 is 3.00 bits per heavy atom. The molecule has 0 unspecified atom stereocenters. The molecule has 0 bridgehead atoms. The van der Waals surface area contributed by atoms with Crippen molar-refractivity contribution in [1.82, 2.24) is 10.6 Å². The lowest BCUT2D eigenvalue weighted by molar-refractivity contribution is 0.0930. The maximum atomic E-state index is 12.0. The molecule has 0 aromatic heterocycles. The first-order valence-corrected chi connectivity index (χ1v) is 6.80. The van der Waals surface area contributed by atoms with Crippen molar-refractivity contribution >= 4 is 33.4 Å². The van der Waals surface area contributed by atoms with Crippen molar-refractivity contribution in [2.45, 2.75) is 18.9 Å². The van der Waals surface area contributed by atoms with Crippen LogP contribution in [0.3, 0.4) is 0 Å². The van der Waals surface area contributed by atoms with Gasteiger partial charge >= 0.3 is 0 Å². The smallest absolute Gasteiger partial charge is 0.252 e. The molecule has 17 heavy (non-hydrogen) atoms. The fourth-order valence-corrected chi connectivity index (χ4v) is 2.77. The molecule has 92 valence electrons. The van der Waals surface area contributed by atoms with Crippen LogP contribution in [-0.2, 0) is 0 Å². The zero-order valence-electron chi connectivity index (χ0n) is 9.30. The van der Waals surface area contributed by atoms with E-state index in [1.165, 1.54) is 0 Å². The lowest BCUT2D eigenvalue weighted by Crippen LogP contribution is -2.45. The zero-order valence-corrected chi connectivity index (χ0v) is 11.6. The van der Waals surface area contributed by atoms with Crippen LogP contribution in [-0.4, -0.2) is 25.0 Å². The number of nitrogens with one attached hydrogen (secondary N) is 2. The molecule has 1 fully saturated rings. The molecule has 1 saturated heterocycles. The summed E-state index contributed by atoms with van der Waals surface area (Å²) in [5.41, 5.74) is 0.625. The van der Waals surface area contributed by atoms with E-state index in [1.54, 1.807) is 18.2 Å². The minimum Gasteiger partial charge on any atom is -0.348 e. The Bertz CT molecular complexity index is 419. The van der Waals surface area contributed by atoms with Gasteiger partial charge < -0.3 is 10.6 Å². The number of piperidine rings is 1. The van der Waals surface area contributed by atoms with Crippen LogP contribution in [0.15, 0.2) is 22.7 Å². The molecule has 1 aliphatic rings. The van der Waals surface area contributed by atoms with Crippen LogP contribution in [0.25, 0.3) is 0 Å². The number of hydrogen-bond donors (Lipinski definition) is 2. The van der Waals surface area contributed by atoms with Crippen LogP contribution in [0.5, 0.6) is 0 Å². The summed E-state index contributed by atoms with van der Waals surface area (Å²) < 4.78 is 0.728. The van der Waals surface area contributed by atoms with Gasteiger partial charge in [0.25, 0.3) is 5.91 Å². The first-order valence-electron chi connectivity index (χ1n) is 5.63. The Labute approximate surface area is 114 Å². The largest absolute Gasteiger partial charge is 0.348 e. The fraction of sp³-hybridized carbons (Fsp3) is 0.417. The van der Waals surface area contributed by atoms with Gasteiger partial charge in [-0.15, -0.1) is 0 Å². The predicted octanol–water partition coefficient (Wildman–Crippen LogP) is 2.58. The molecule has 0 saturated carbocycles. The summed E-state index contributed by atoms with van der Waals surface area (Å²) >= 11 is 9.19. The van der Waals surface area contributed by atoms with Crippen molar-refractivity contribution in [3.63, 3.8) is 0 Å². The number of rotatable bonds is 2. The second-order valence-corrected chi connectivity index (χ2v) is 5.43. The average Bonchev–Trinajstić information content (AvgIpc) is 2.30. The van der Waals surface area contributed by atoms with Crippen LogP contribution in [0.1, 0.15) is 23.2 Å². The summed E-state index contributed by atoms with van der Waals surface area (Å²) in [5.74, 6) is -0.0535. The predicted molar refractivity (Wildman–Crippen MR) is 72.5 cm³/mol. The van der Waals surface area contributed by atoms with Gasteiger partial charge in [-0.1, -0.05) is 11.6 Å². The van der Waals surface area contributed by atoms with Crippen molar-refractivity contribution < 1.29 is 4.79 Å². The van der Waals surface area contributed by atoms with Gasteiger partial charge in [-0.05, 0) is 53.5 Å². The van der Waals surface area contributed by atoms with Gasteiger partial charge in [0.1, 0.15) is 0 Å². The summed E-state index contributed by atoms with van der Waals surface area (Å²) in [4.78, 5) is 12.0. The van der Waals surface area contributed by atoms with Crippen molar-refractivity contribution in [3.8, 4) is 0 Å². The highest BCUT2D eigenvalue weighted by molar-refractivity contribution is 9.10. The molecule has 5 heteroatoms. The molecule has 1 aromatic carbocycles. The van der Waals surface area contributed by atoms with Gasteiger partial charge in [0.2, 0.25) is 0 Å². The number of benzene rings is 1. The van der Waals surface area contributed by atoms with Crippen LogP contribution in [0.4, 0.5) is 0 Å². The van der Waals surface area contributed by atoms with Gasteiger partial charge in [-0.3, -0.25) is 4.79 Å². The average molecular weight is 318 g/mol. The zero-order chi connectivity index (χ0) is 12.3. The Morgan fingerprint density at radius 1 is 1.53 bits per heavy atom. The third-order valence-electron chi connectivity index (χ3n) is 2.81. The van der Waals surface area contributed by atoms with Gasteiger partial charge in [-0.25, -0.2) is 0 Å². The number of amides is 1. The normalized spacial score (nSPS) is 20.0. The lowest BCUT2D eigenvalue weighted by atomic mass is 10.1. The van der Waals surface area contributed by atoms with Gasteiger partial charge in [0.15, 0.2) is 0 Å². The number of carbonyl (C=O) groups excluding carboxylic acids is 1. The summed E-state index contributed by atoms with van der Waals surface area (Å²) in [7, 11) is 0. The number of carbonyl (C=O) groups is 1. The number of hydrogen-bond acceptors (Lipinski definition) is 2.